The lowest BCUT2D eigenvalue weighted by atomic mass is 9.95. The molecular formula is C11H20N2S. The van der Waals surface area contributed by atoms with Gasteiger partial charge in [-0.25, -0.2) is 0 Å². The van der Waals surface area contributed by atoms with Crippen molar-refractivity contribution in [3.8, 4) is 0 Å². The highest BCUT2D eigenvalue weighted by Crippen LogP contribution is 2.29. The zero-order chi connectivity index (χ0) is 10.8. The zero-order valence-corrected chi connectivity index (χ0v) is 10.3. The Balaban J connectivity index is 2.76. The van der Waals surface area contributed by atoms with Gasteiger partial charge in [0.05, 0.1) is 0 Å². The quantitative estimate of drug-likeness (QED) is 0.831. The van der Waals surface area contributed by atoms with E-state index in [0.717, 1.165) is 6.42 Å². The van der Waals surface area contributed by atoms with Crippen molar-refractivity contribution in [2.24, 2.45) is 5.73 Å². The third-order valence-corrected chi connectivity index (χ3v) is 3.19. The van der Waals surface area contributed by atoms with Crippen molar-refractivity contribution in [2.45, 2.75) is 31.8 Å². The van der Waals surface area contributed by atoms with E-state index in [4.69, 9.17) is 5.73 Å². The summed E-state index contributed by atoms with van der Waals surface area (Å²) in [6.45, 7) is 4.16. The molecule has 0 spiro atoms. The van der Waals surface area contributed by atoms with Crippen molar-refractivity contribution >= 4 is 11.3 Å². The van der Waals surface area contributed by atoms with Crippen molar-refractivity contribution < 1.29 is 0 Å². The van der Waals surface area contributed by atoms with Gasteiger partial charge < -0.3 is 10.6 Å². The number of nitrogens with two attached hydrogens (primary N) is 1. The molecule has 0 aliphatic rings. The Morgan fingerprint density at radius 1 is 1.50 bits per heavy atom. The van der Waals surface area contributed by atoms with Gasteiger partial charge in [0.1, 0.15) is 0 Å². The average molecular weight is 212 g/mol. The summed E-state index contributed by atoms with van der Waals surface area (Å²) in [5.41, 5.74) is 5.95. The molecule has 0 aromatic carbocycles. The fourth-order valence-electron chi connectivity index (χ4n) is 1.52. The monoisotopic (exact) mass is 212 g/mol. The summed E-state index contributed by atoms with van der Waals surface area (Å²) in [5.74, 6) is 0. The summed E-state index contributed by atoms with van der Waals surface area (Å²) < 4.78 is 0. The maximum absolute atomic E-state index is 6.06. The standard InChI is InChI=1S/C11H20N2S/c1-11(2,12)8-9(13(3)4)10-6-5-7-14-10/h5-7,9H,8,12H2,1-4H3. The lowest BCUT2D eigenvalue weighted by molar-refractivity contribution is 0.246. The molecule has 2 N–H and O–H groups in total. The van der Waals surface area contributed by atoms with E-state index in [1.165, 1.54) is 4.88 Å². The van der Waals surface area contributed by atoms with Crippen LogP contribution in [-0.4, -0.2) is 24.5 Å². The fourth-order valence-corrected chi connectivity index (χ4v) is 2.44. The third-order valence-electron chi connectivity index (χ3n) is 2.21. The minimum Gasteiger partial charge on any atom is -0.325 e. The molecule has 0 saturated carbocycles. The van der Waals surface area contributed by atoms with E-state index in [-0.39, 0.29) is 5.54 Å². The molecule has 0 bridgehead atoms. The van der Waals surface area contributed by atoms with Crippen molar-refractivity contribution in [2.75, 3.05) is 14.1 Å². The topological polar surface area (TPSA) is 29.3 Å². The van der Waals surface area contributed by atoms with Gasteiger partial charge in [-0.15, -0.1) is 11.3 Å². The second-order valence-corrected chi connectivity index (χ2v) is 5.67. The van der Waals surface area contributed by atoms with Crippen LogP contribution in [0, 0.1) is 0 Å². The molecule has 1 unspecified atom stereocenters. The van der Waals surface area contributed by atoms with Crippen LogP contribution in [0.15, 0.2) is 17.5 Å². The van der Waals surface area contributed by atoms with Gasteiger partial charge in [-0.05, 0) is 45.8 Å². The summed E-state index contributed by atoms with van der Waals surface area (Å²) in [4.78, 5) is 3.63. The highest BCUT2D eigenvalue weighted by atomic mass is 32.1. The molecule has 1 atom stereocenters. The Bertz CT molecular complexity index is 259. The largest absolute Gasteiger partial charge is 0.325 e. The number of nitrogens with zero attached hydrogens (tertiary/aromatic N) is 1. The van der Waals surface area contributed by atoms with E-state index in [1.54, 1.807) is 11.3 Å². The van der Waals surface area contributed by atoms with Crippen LogP contribution in [0.25, 0.3) is 0 Å². The second kappa shape index (κ2) is 4.43. The molecular weight excluding hydrogens is 192 g/mol. The van der Waals surface area contributed by atoms with E-state index in [2.05, 4.69) is 50.4 Å². The first-order valence-corrected chi connectivity index (χ1v) is 5.77. The molecule has 1 heterocycles. The van der Waals surface area contributed by atoms with E-state index >= 15 is 0 Å². The summed E-state index contributed by atoms with van der Waals surface area (Å²) >= 11 is 1.80. The van der Waals surface area contributed by atoms with Gasteiger partial charge in [0.25, 0.3) is 0 Å². The Hall–Kier alpha value is -0.380. The normalized spacial score (nSPS) is 14.7. The van der Waals surface area contributed by atoms with Crippen LogP contribution in [-0.2, 0) is 0 Å². The van der Waals surface area contributed by atoms with Crippen molar-refractivity contribution in [1.82, 2.24) is 4.90 Å². The molecule has 1 aromatic rings. The molecule has 0 radical (unpaired) electrons. The van der Waals surface area contributed by atoms with Gasteiger partial charge in [0, 0.05) is 16.5 Å². The summed E-state index contributed by atoms with van der Waals surface area (Å²) in [7, 11) is 4.21. The number of rotatable bonds is 4. The Kier molecular flexibility index (Phi) is 3.70. The second-order valence-electron chi connectivity index (χ2n) is 4.69. The molecule has 1 aromatic heterocycles. The lowest BCUT2D eigenvalue weighted by Crippen LogP contribution is -2.37. The third kappa shape index (κ3) is 3.40. The molecule has 1 rings (SSSR count). The minimum atomic E-state index is -0.112. The number of hydrogen-bond acceptors (Lipinski definition) is 3. The molecule has 80 valence electrons. The maximum Gasteiger partial charge on any atom is 0.0452 e. The van der Waals surface area contributed by atoms with Gasteiger partial charge in [-0.2, -0.15) is 0 Å². The molecule has 0 aliphatic carbocycles. The van der Waals surface area contributed by atoms with Crippen LogP contribution >= 0.6 is 11.3 Å². The van der Waals surface area contributed by atoms with Crippen molar-refractivity contribution in [3.05, 3.63) is 22.4 Å². The maximum atomic E-state index is 6.06. The van der Waals surface area contributed by atoms with Gasteiger partial charge >= 0.3 is 0 Å². The molecule has 0 fully saturated rings. The Morgan fingerprint density at radius 3 is 2.50 bits per heavy atom. The minimum absolute atomic E-state index is 0.112. The first-order valence-electron chi connectivity index (χ1n) is 4.89. The van der Waals surface area contributed by atoms with E-state index in [9.17, 15) is 0 Å². The Labute approximate surface area is 90.7 Å². The summed E-state index contributed by atoms with van der Waals surface area (Å²) in [5, 5.41) is 2.12. The van der Waals surface area contributed by atoms with Crippen LogP contribution in [0.2, 0.25) is 0 Å². The highest BCUT2D eigenvalue weighted by Gasteiger charge is 2.22. The number of thiophene rings is 1. The predicted octanol–water partition coefficient (Wildman–Crippen LogP) is 2.48. The predicted molar refractivity (Wildman–Crippen MR) is 63.6 cm³/mol. The number of hydrogen-bond donors (Lipinski definition) is 1. The van der Waals surface area contributed by atoms with Crippen LogP contribution in [0.3, 0.4) is 0 Å². The molecule has 2 nitrogen and oxygen atoms in total. The van der Waals surface area contributed by atoms with Gasteiger partial charge in [0.15, 0.2) is 0 Å². The van der Waals surface area contributed by atoms with Gasteiger partial charge in [-0.1, -0.05) is 6.07 Å². The van der Waals surface area contributed by atoms with Gasteiger partial charge in [0.2, 0.25) is 0 Å². The van der Waals surface area contributed by atoms with Crippen molar-refractivity contribution in [1.29, 1.82) is 0 Å². The first-order chi connectivity index (χ1) is 6.40. The lowest BCUT2D eigenvalue weighted by Gasteiger charge is -2.30. The average Bonchev–Trinajstić information content (AvgIpc) is 2.49. The molecule has 14 heavy (non-hydrogen) atoms. The van der Waals surface area contributed by atoms with Crippen LogP contribution in [0.5, 0.6) is 0 Å². The molecule has 3 heteroatoms. The van der Waals surface area contributed by atoms with Crippen LogP contribution in [0.1, 0.15) is 31.2 Å². The molecule has 0 amide bonds. The van der Waals surface area contributed by atoms with Crippen molar-refractivity contribution in [3.63, 3.8) is 0 Å². The molecule has 0 saturated heterocycles. The Morgan fingerprint density at radius 2 is 2.14 bits per heavy atom. The SMILES string of the molecule is CN(C)C(CC(C)(C)N)c1cccs1. The zero-order valence-electron chi connectivity index (χ0n) is 9.45. The molecule has 0 aliphatic heterocycles. The van der Waals surface area contributed by atoms with Crippen LogP contribution < -0.4 is 5.73 Å². The highest BCUT2D eigenvalue weighted by molar-refractivity contribution is 7.10. The van der Waals surface area contributed by atoms with Gasteiger partial charge in [-0.3, -0.25) is 0 Å². The smallest absolute Gasteiger partial charge is 0.0452 e. The van der Waals surface area contributed by atoms with E-state index in [0.29, 0.717) is 6.04 Å². The van der Waals surface area contributed by atoms with E-state index in [1.807, 2.05) is 0 Å². The fraction of sp³-hybridized carbons (Fsp3) is 0.636. The first kappa shape index (κ1) is 11.7. The summed E-state index contributed by atoms with van der Waals surface area (Å²) in [6.07, 6.45) is 0.987. The summed E-state index contributed by atoms with van der Waals surface area (Å²) in [6, 6.07) is 4.72. The van der Waals surface area contributed by atoms with E-state index < -0.39 is 0 Å². The van der Waals surface area contributed by atoms with Crippen LogP contribution in [0.4, 0.5) is 0 Å².